The number of halogens is 2. The van der Waals surface area contributed by atoms with Crippen LogP contribution in [0.1, 0.15) is 12.8 Å². The molecule has 1 aliphatic heterocycles. The van der Waals surface area contributed by atoms with Gasteiger partial charge < -0.3 is 15.1 Å². The van der Waals surface area contributed by atoms with Crippen LogP contribution in [-0.4, -0.2) is 48.4 Å². The molecule has 0 saturated carbocycles. The maximum atomic E-state index is 12.9. The summed E-state index contributed by atoms with van der Waals surface area (Å²) in [6, 6.07) is 5.34. The summed E-state index contributed by atoms with van der Waals surface area (Å²) in [5.41, 5.74) is 0.537. The standard InChI is InChI=1S/C17H21F2N3O2/c1-12(18)16(23)21(2)11-13-7-9-22(10-8-13)17(24)20-15-5-3-14(19)4-6-15/h3-6,13H,1,7-11H2,2H3,(H,20,24). The van der Waals surface area contributed by atoms with Crippen molar-refractivity contribution in [1.29, 1.82) is 0 Å². The van der Waals surface area contributed by atoms with Crippen LogP contribution >= 0.6 is 0 Å². The quantitative estimate of drug-likeness (QED) is 0.859. The van der Waals surface area contributed by atoms with Crippen molar-refractivity contribution in [3.8, 4) is 0 Å². The summed E-state index contributed by atoms with van der Waals surface area (Å²) in [4.78, 5) is 26.6. The first-order chi connectivity index (χ1) is 11.4. The van der Waals surface area contributed by atoms with Gasteiger partial charge in [-0.1, -0.05) is 6.58 Å². The number of piperidine rings is 1. The van der Waals surface area contributed by atoms with Crippen LogP contribution in [0.4, 0.5) is 19.3 Å². The summed E-state index contributed by atoms with van der Waals surface area (Å²) in [5, 5.41) is 2.72. The van der Waals surface area contributed by atoms with Crippen LogP contribution in [0.2, 0.25) is 0 Å². The number of carbonyl (C=O) groups excluding carboxylic acids is 2. The minimum atomic E-state index is -0.964. The molecule has 3 amide bonds. The summed E-state index contributed by atoms with van der Waals surface area (Å²) in [7, 11) is 1.54. The Bertz CT molecular complexity index is 611. The second kappa shape index (κ2) is 7.90. The highest BCUT2D eigenvalue weighted by Crippen LogP contribution is 2.20. The maximum absolute atomic E-state index is 12.9. The van der Waals surface area contributed by atoms with Crippen LogP contribution in [0.5, 0.6) is 0 Å². The molecule has 0 unspecified atom stereocenters. The number of nitrogens with zero attached hydrogens (tertiary/aromatic N) is 2. The summed E-state index contributed by atoms with van der Waals surface area (Å²) in [6.45, 7) is 4.55. The largest absolute Gasteiger partial charge is 0.339 e. The lowest BCUT2D eigenvalue weighted by molar-refractivity contribution is -0.128. The van der Waals surface area contributed by atoms with Crippen LogP contribution in [0.15, 0.2) is 36.7 Å². The van der Waals surface area contributed by atoms with Crippen molar-refractivity contribution in [3.63, 3.8) is 0 Å². The Labute approximate surface area is 139 Å². The molecule has 1 aromatic rings. The van der Waals surface area contributed by atoms with E-state index in [0.29, 0.717) is 25.3 Å². The Morgan fingerprint density at radius 1 is 1.29 bits per heavy atom. The van der Waals surface area contributed by atoms with Gasteiger partial charge in [0.1, 0.15) is 5.82 Å². The highest BCUT2D eigenvalue weighted by Gasteiger charge is 2.25. The van der Waals surface area contributed by atoms with E-state index in [4.69, 9.17) is 0 Å². The second-order valence-electron chi connectivity index (χ2n) is 5.96. The topological polar surface area (TPSA) is 52.7 Å². The van der Waals surface area contributed by atoms with Crippen LogP contribution in [0.25, 0.3) is 0 Å². The Kier molecular flexibility index (Phi) is 5.89. The van der Waals surface area contributed by atoms with E-state index in [1.165, 1.54) is 29.2 Å². The molecule has 24 heavy (non-hydrogen) atoms. The molecule has 5 nitrogen and oxygen atoms in total. The number of rotatable bonds is 4. The van der Waals surface area contributed by atoms with Gasteiger partial charge in [0, 0.05) is 32.4 Å². The summed E-state index contributed by atoms with van der Waals surface area (Å²) >= 11 is 0. The van der Waals surface area contributed by atoms with Gasteiger partial charge in [-0.05, 0) is 43.0 Å². The van der Waals surface area contributed by atoms with Crippen LogP contribution in [0.3, 0.4) is 0 Å². The molecular formula is C17H21F2N3O2. The normalized spacial score (nSPS) is 15.0. The molecular weight excluding hydrogens is 316 g/mol. The third-order valence-electron chi connectivity index (χ3n) is 4.11. The number of benzene rings is 1. The first-order valence-electron chi connectivity index (χ1n) is 7.78. The van der Waals surface area contributed by atoms with Gasteiger partial charge in [-0.15, -0.1) is 0 Å². The van der Waals surface area contributed by atoms with Crippen molar-refractivity contribution >= 4 is 17.6 Å². The van der Waals surface area contributed by atoms with E-state index in [1.54, 1.807) is 11.9 Å². The average Bonchev–Trinajstić information content (AvgIpc) is 2.56. The van der Waals surface area contributed by atoms with E-state index in [9.17, 15) is 18.4 Å². The first kappa shape index (κ1) is 17.9. The van der Waals surface area contributed by atoms with Crippen molar-refractivity contribution in [3.05, 3.63) is 42.5 Å². The van der Waals surface area contributed by atoms with Crippen molar-refractivity contribution in [1.82, 2.24) is 9.80 Å². The van der Waals surface area contributed by atoms with Gasteiger partial charge in [-0.3, -0.25) is 4.79 Å². The minimum Gasteiger partial charge on any atom is -0.339 e. The number of nitrogens with one attached hydrogen (secondary N) is 1. The highest BCUT2D eigenvalue weighted by atomic mass is 19.1. The molecule has 1 heterocycles. The van der Waals surface area contributed by atoms with Gasteiger partial charge in [-0.25, -0.2) is 13.6 Å². The summed E-state index contributed by atoms with van der Waals surface area (Å²) in [5.74, 6) is -1.81. The van der Waals surface area contributed by atoms with Crippen molar-refractivity contribution in [2.24, 2.45) is 5.92 Å². The molecule has 0 bridgehead atoms. The SMILES string of the molecule is C=C(F)C(=O)N(C)CC1CCN(C(=O)Nc2ccc(F)cc2)CC1. The van der Waals surface area contributed by atoms with Gasteiger partial charge >= 0.3 is 6.03 Å². The van der Waals surface area contributed by atoms with Crippen LogP contribution < -0.4 is 5.32 Å². The van der Waals surface area contributed by atoms with E-state index in [-0.39, 0.29) is 17.8 Å². The molecule has 1 aromatic carbocycles. The summed E-state index contributed by atoms with van der Waals surface area (Å²) in [6.07, 6.45) is 1.46. The number of hydrogen-bond donors (Lipinski definition) is 1. The lowest BCUT2D eigenvalue weighted by Gasteiger charge is -2.33. The number of likely N-dealkylation sites (N-methyl/N-ethyl adjacent to an activating group) is 1. The predicted octanol–water partition coefficient (Wildman–Crippen LogP) is 3.01. The van der Waals surface area contributed by atoms with E-state index in [1.807, 2.05) is 0 Å². The minimum absolute atomic E-state index is 0.216. The van der Waals surface area contributed by atoms with Gasteiger partial charge in [0.2, 0.25) is 0 Å². The molecule has 0 spiro atoms. The molecule has 1 aliphatic rings. The number of anilines is 1. The van der Waals surface area contributed by atoms with Gasteiger partial charge in [-0.2, -0.15) is 0 Å². The molecule has 1 N–H and O–H groups in total. The Morgan fingerprint density at radius 2 is 1.88 bits per heavy atom. The van der Waals surface area contributed by atoms with Crippen LogP contribution in [0, 0.1) is 11.7 Å². The summed E-state index contributed by atoms with van der Waals surface area (Å²) < 4.78 is 25.7. The number of carbonyl (C=O) groups is 2. The van der Waals surface area contributed by atoms with Crippen LogP contribution in [-0.2, 0) is 4.79 Å². The molecule has 2 rings (SSSR count). The zero-order valence-electron chi connectivity index (χ0n) is 13.6. The Morgan fingerprint density at radius 3 is 2.42 bits per heavy atom. The molecule has 0 aromatic heterocycles. The predicted molar refractivity (Wildman–Crippen MR) is 87.6 cm³/mol. The molecule has 130 valence electrons. The zero-order chi connectivity index (χ0) is 17.7. The van der Waals surface area contributed by atoms with Crippen molar-refractivity contribution in [2.75, 3.05) is 32.0 Å². The van der Waals surface area contributed by atoms with E-state index in [2.05, 4.69) is 11.9 Å². The molecule has 7 heteroatoms. The monoisotopic (exact) mass is 337 g/mol. The second-order valence-corrected chi connectivity index (χ2v) is 5.96. The van der Waals surface area contributed by atoms with Crippen molar-refractivity contribution in [2.45, 2.75) is 12.8 Å². The molecule has 0 aliphatic carbocycles. The van der Waals surface area contributed by atoms with E-state index in [0.717, 1.165) is 12.8 Å². The van der Waals surface area contributed by atoms with Gasteiger partial charge in [0.15, 0.2) is 5.83 Å². The third-order valence-corrected chi connectivity index (χ3v) is 4.11. The molecule has 0 atom stereocenters. The number of hydrogen-bond acceptors (Lipinski definition) is 2. The fraction of sp³-hybridized carbons (Fsp3) is 0.412. The molecule has 1 fully saturated rings. The number of urea groups is 1. The lowest BCUT2D eigenvalue weighted by atomic mass is 9.96. The highest BCUT2D eigenvalue weighted by molar-refractivity contribution is 5.90. The Balaban J connectivity index is 1.79. The maximum Gasteiger partial charge on any atom is 0.321 e. The molecule has 1 saturated heterocycles. The smallest absolute Gasteiger partial charge is 0.321 e. The van der Waals surface area contributed by atoms with E-state index >= 15 is 0 Å². The molecule has 0 radical (unpaired) electrons. The number of likely N-dealkylation sites (tertiary alicyclic amines) is 1. The first-order valence-corrected chi connectivity index (χ1v) is 7.78. The fourth-order valence-corrected chi connectivity index (χ4v) is 2.73. The number of amides is 3. The van der Waals surface area contributed by atoms with Gasteiger partial charge in [0.05, 0.1) is 0 Å². The zero-order valence-corrected chi connectivity index (χ0v) is 13.6. The lowest BCUT2D eigenvalue weighted by Crippen LogP contribution is -2.43. The third kappa shape index (κ3) is 4.78. The average molecular weight is 337 g/mol. The fourth-order valence-electron chi connectivity index (χ4n) is 2.73. The van der Waals surface area contributed by atoms with E-state index < -0.39 is 11.7 Å². The Hall–Kier alpha value is -2.44. The van der Waals surface area contributed by atoms with Gasteiger partial charge in [0.25, 0.3) is 5.91 Å². The van der Waals surface area contributed by atoms with Crippen molar-refractivity contribution < 1.29 is 18.4 Å².